The first-order valence-electron chi connectivity index (χ1n) is 6.24. The highest BCUT2D eigenvalue weighted by Gasteiger charge is 2.29. The Morgan fingerprint density at radius 1 is 1.07 bits per heavy atom. The Hall–Kier alpha value is -0.0800. The van der Waals surface area contributed by atoms with Crippen molar-refractivity contribution in [2.45, 2.75) is 70.4 Å². The fourth-order valence-electron chi connectivity index (χ4n) is 2.19. The first-order valence-corrected chi connectivity index (χ1v) is 6.24. The minimum Gasteiger partial charge on any atom is -0.376 e. The number of unbranched alkanes of at least 4 members (excludes halogenated alkanes) is 4. The summed E-state index contributed by atoms with van der Waals surface area (Å²) in [4.78, 5) is 0. The lowest BCUT2D eigenvalue weighted by Crippen LogP contribution is -2.42. The first kappa shape index (κ1) is 12.0. The molecule has 0 heterocycles. The average molecular weight is 199 g/mol. The van der Waals surface area contributed by atoms with Gasteiger partial charge in [-0.15, -0.1) is 0 Å². The monoisotopic (exact) mass is 199 g/mol. The van der Waals surface area contributed by atoms with Crippen LogP contribution in [0.25, 0.3) is 0 Å². The van der Waals surface area contributed by atoms with Gasteiger partial charge in [0.25, 0.3) is 0 Å². The van der Waals surface area contributed by atoms with Crippen LogP contribution in [-0.4, -0.2) is 17.4 Å². The topological polar surface area (TPSA) is 32.3 Å². The molecular formula is C12H25NO. The molecule has 0 bridgehead atoms. The quantitative estimate of drug-likeness (QED) is 0.488. The average Bonchev–Trinajstić information content (AvgIpc) is 2.59. The van der Waals surface area contributed by atoms with Crippen molar-refractivity contribution >= 4 is 0 Å². The van der Waals surface area contributed by atoms with Crippen molar-refractivity contribution in [3.05, 3.63) is 0 Å². The molecule has 14 heavy (non-hydrogen) atoms. The van der Waals surface area contributed by atoms with Gasteiger partial charge in [0.15, 0.2) is 0 Å². The molecule has 2 N–H and O–H groups in total. The van der Waals surface area contributed by atoms with Crippen molar-refractivity contribution in [3.63, 3.8) is 0 Å². The van der Waals surface area contributed by atoms with Gasteiger partial charge in [-0.25, -0.2) is 0 Å². The van der Waals surface area contributed by atoms with Gasteiger partial charge in [0.1, 0.15) is 5.72 Å². The Morgan fingerprint density at radius 2 is 1.71 bits per heavy atom. The number of aliphatic hydroxyl groups is 1. The van der Waals surface area contributed by atoms with E-state index in [2.05, 4.69) is 12.2 Å². The molecule has 1 aliphatic carbocycles. The molecule has 0 aromatic heterocycles. The van der Waals surface area contributed by atoms with Gasteiger partial charge in [-0.05, 0) is 38.6 Å². The van der Waals surface area contributed by atoms with E-state index in [0.717, 1.165) is 19.4 Å². The van der Waals surface area contributed by atoms with E-state index < -0.39 is 5.72 Å². The third kappa shape index (κ3) is 4.43. The zero-order chi connectivity index (χ0) is 10.3. The van der Waals surface area contributed by atoms with Gasteiger partial charge in [0, 0.05) is 0 Å². The van der Waals surface area contributed by atoms with E-state index in [1.807, 2.05) is 0 Å². The Balaban J connectivity index is 1.92. The normalized spacial score (nSPS) is 20.1. The number of hydrogen-bond donors (Lipinski definition) is 2. The van der Waals surface area contributed by atoms with Crippen molar-refractivity contribution in [2.75, 3.05) is 6.54 Å². The molecule has 0 aliphatic heterocycles. The molecule has 0 aromatic carbocycles. The van der Waals surface area contributed by atoms with Crippen LogP contribution in [0.3, 0.4) is 0 Å². The van der Waals surface area contributed by atoms with E-state index in [1.54, 1.807) is 0 Å². The molecule has 1 rings (SSSR count). The fourth-order valence-corrected chi connectivity index (χ4v) is 2.19. The Kier molecular flexibility index (Phi) is 5.49. The van der Waals surface area contributed by atoms with Gasteiger partial charge >= 0.3 is 0 Å². The largest absolute Gasteiger partial charge is 0.376 e. The van der Waals surface area contributed by atoms with Crippen LogP contribution in [-0.2, 0) is 0 Å². The first-order chi connectivity index (χ1) is 6.77. The SMILES string of the molecule is CCCCCCCNC1(O)CCCC1. The standard InChI is InChI=1S/C12H25NO/c1-2-3-4-5-8-11-13-12(14)9-6-7-10-12/h13-14H,2-11H2,1H3. The number of rotatable bonds is 7. The predicted molar refractivity (Wildman–Crippen MR) is 60.2 cm³/mol. The summed E-state index contributed by atoms with van der Waals surface area (Å²) >= 11 is 0. The van der Waals surface area contributed by atoms with Crippen molar-refractivity contribution in [3.8, 4) is 0 Å². The van der Waals surface area contributed by atoms with E-state index >= 15 is 0 Å². The predicted octanol–water partition coefficient (Wildman–Crippen LogP) is 2.81. The Bertz CT molecular complexity index is 141. The maximum absolute atomic E-state index is 9.98. The van der Waals surface area contributed by atoms with Crippen LogP contribution in [0.15, 0.2) is 0 Å². The van der Waals surface area contributed by atoms with Gasteiger partial charge in [-0.2, -0.15) is 0 Å². The fraction of sp³-hybridized carbons (Fsp3) is 1.00. The van der Waals surface area contributed by atoms with Gasteiger partial charge in [-0.1, -0.05) is 32.6 Å². The van der Waals surface area contributed by atoms with Gasteiger partial charge in [0.05, 0.1) is 0 Å². The minimum atomic E-state index is -0.509. The van der Waals surface area contributed by atoms with Gasteiger partial charge in [-0.3, -0.25) is 5.32 Å². The lowest BCUT2D eigenvalue weighted by Gasteiger charge is -2.23. The highest BCUT2D eigenvalue weighted by molar-refractivity contribution is 4.81. The summed E-state index contributed by atoms with van der Waals surface area (Å²) in [5.74, 6) is 0. The summed E-state index contributed by atoms with van der Waals surface area (Å²) < 4.78 is 0. The molecule has 1 saturated carbocycles. The van der Waals surface area contributed by atoms with Gasteiger partial charge in [0.2, 0.25) is 0 Å². The molecular weight excluding hydrogens is 174 g/mol. The zero-order valence-corrected chi connectivity index (χ0v) is 9.52. The van der Waals surface area contributed by atoms with Crippen molar-refractivity contribution in [2.24, 2.45) is 0 Å². The van der Waals surface area contributed by atoms with Crippen LogP contribution in [0.4, 0.5) is 0 Å². The van der Waals surface area contributed by atoms with E-state index in [1.165, 1.54) is 44.9 Å². The van der Waals surface area contributed by atoms with E-state index in [0.29, 0.717) is 0 Å². The summed E-state index contributed by atoms with van der Waals surface area (Å²) in [7, 11) is 0. The van der Waals surface area contributed by atoms with Crippen molar-refractivity contribution < 1.29 is 5.11 Å². The molecule has 0 unspecified atom stereocenters. The molecule has 0 saturated heterocycles. The van der Waals surface area contributed by atoms with Crippen LogP contribution >= 0.6 is 0 Å². The summed E-state index contributed by atoms with van der Waals surface area (Å²) in [6.07, 6.45) is 10.8. The maximum Gasteiger partial charge on any atom is 0.116 e. The molecule has 0 radical (unpaired) electrons. The second kappa shape index (κ2) is 6.41. The van der Waals surface area contributed by atoms with Crippen LogP contribution in [0.1, 0.15) is 64.7 Å². The van der Waals surface area contributed by atoms with Crippen LogP contribution in [0.5, 0.6) is 0 Å². The molecule has 2 nitrogen and oxygen atoms in total. The molecule has 2 heteroatoms. The second-order valence-electron chi connectivity index (χ2n) is 4.58. The molecule has 0 spiro atoms. The summed E-state index contributed by atoms with van der Waals surface area (Å²) in [6, 6.07) is 0. The lowest BCUT2D eigenvalue weighted by molar-refractivity contribution is 0.0123. The second-order valence-corrected chi connectivity index (χ2v) is 4.58. The number of nitrogens with one attached hydrogen (secondary N) is 1. The summed E-state index contributed by atoms with van der Waals surface area (Å²) in [5.41, 5.74) is -0.509. The molecule has 0 amide bonds. The molecule has 0 aromatic rings. The highest BCUT2D eigenvalue weighted by Crippen LogP contribution is 2.26. The molecule has 0 atom stereocenters. The minimum absolute atomic E-state index is 0.509. The van der Waals surface area contributed by atoms with Crippen LogP contribution in [0, 0.1) is 0 Å². The third-order valence-corrected chi connectivity index (χ3v) is 3.17. The van der Waals surface area contributed by atoms with Gasteiger partial charge < -0.3 is 5.11 Å². The number of hydrogen-bond acceptors (Lipinski definition) is 2. The lowest BCUT2D eigenvalue weighted by atomic mass is 10.1. The van der Waals surface area contributed by atoms with E-state index in [4.69, 9.17) is 0 Å². The van der Waals surface area contributed by atoms with E-state index in [-0.39, 0.29) is 0 Å². The molecule has 1 aliphatic rings. The maximum atomic E-state index is 9.98. The van der Waals surface area contributed by atoms with E-state index in [9.17, 15) is 5.11 Å². The Morgan fingerprint density at radius 3 is 2.36 bits per heavy atom. The third-order valence-electron chi connectivity index (χ3n) is 3.17. The Labute approximate surface area is 88.1 Å². The van der Waals surface area contributed by atoms with Crippen molar-refractivity contribution in [1.82, 2.24) is 5.32 Å². The summed E-state index contributed by atoms with van der Waals surface area (Å²) in [6.45, 7) is 3.22. The van der Waals surface area contributed by atoms with Crippen LogP contribution < -0.4 is 5.32 Å². The summed E-state index contributed by atoms with van der Waals surface area (Å²) in [5, 5.41) is 13.3. The zero-order valence-electron chi connectivity index (χ0n) is 9.52. The van der Waals surface area contributed by atoms with Crippen molar-refractivity contribution in [1.29, 1.82) is 0 Å². The smallest absolute Gasteiger partial charge is 0.116 e. The highest BCUT2D eigenvalue weighted by atomic mass is 16.3. The molecule has 1 fully saturated rings. The molecule has 84 valence electrons. The van der Waals surface area contributed by atoms with Crippen LogP contribution in [0.2, 0.25) is 0 Å².